The van der Waals surface area contributed by atoms with Crippen molar-refractivity contribution in [2.75, 3.05) is 78.9 Å². The van der Waals surface area contributed by atoms with Gasteiger partial charge in [0.15, 0.2) is 11.5 Å². The summed E-state index contributed by atoms with van der Waals surface area (Å²) in [6.07, 6.45) is 0. The highest BCUT2D eigenvalue weighted by Gasteiger charge is 2.12. The molecule has 0 spiro atoms. The predicted molar refractivity (Wildman–Crippen MR) is 92.0 cm³/mol. The van der Waals surface area contributed by atoms with E-state index >= 15 is 0 Å². The van der Waals surface area contributed by atoms with Crippen LogP contribution in [0.3, 0.4) is 0 Å². The molecule has 3 aliphatic rings. The molecule has 24 heavy (non-hydrogen) atoms. The molecule has 1 aromatic rings. The maximum absolute atomic E-state index is 5.95. The number of nitrogens with zero attached hydrogens (tertiary/aromatic N) is 2. The van der Waals surface area contributed by atoms with E-state index in [1.165, 1.54) is 0 Å². The van der Waals surface area contributed by atoms with Crippen molar-refractivity contribution in [3.63, 3.8) is 0 Å². The molecule has 0 atom stereocenters. The highest BCUT2D eigenvalue weighted by molar-refractivity contribution is 5.39. The molecule has 1 fully saturated rings. The van der Waals surface area contributed by atoms with Crippen LogP contribution < -0.4 is 9.47 Å². The van der Waals surface area contributed by atoms with Crippen molar-refractivity contribution in [2.24, 2.45) is 0 Å². The summed E-state index contributed by atoms with van der Waals surface area (Å²) < 4.78 is 23.5. The van der Waals surface area contributed by atoms with Crippen LogP contribution in [0.25, 0.3) is 0 Å². The third-order valence-corrected chi connectivity index (χ3v) is 4.39. The van der Waals surface area contributed by atoms with E-state index in [0.717, 1.165) is 77.2 Å². The minimum absolute atomic E-state index is 0.631. The second-order valence-electron chi connectivity index (χ2n) is 6.05. The molecule has 3 heterocycles. The van der Waals surface area contributed by atoms with E-state index in [4.69, 9.17) is 18.9 Å². The molecule has 0 N–H and O–H groups in total. The fourth-order valence-electron chi connectivity index (χ4n) is 2.91. The average molecular weight is 336 g/mol. The summed E-state index contributed by atoms with van der Waals surface area (Å²) in [6.45, 7) is 9.61. The molecule has 0 saturated carbocycles. The lowest BCUT2D eigenvalue weighted by atomic mass is 10.3. The molecule has 0 unspecified atom stereocenters. The van der Waals surface area contributed by atoms with Crippen LogP contribution in [0.2, 0.25) is 0 Å². The lowest BCUT2D eigenvalue weighted by Gasteiger charge is -2.25. The summed E-state index contributed by atoms with van der Waals surface area (Å²) in [5.41, 5.74) is 0. The monoisotopic (exact) mass is 336 g/mol. The average Bonchev–Trinajstić information content (AvgIpc) is 2.60. The van der Waals surface area contributed by atoms with Gasteiger partial charge in [0.25, 0.3) is 0 Å². The summed E-state index contributed by atoms with van der Waals surface area (Å²) in [4.78, 5) is 4.67. The highest BCUT2D eigenvalue weighted by Crippen LogP contribution is 2.26. The molecule has 4 rings (SSSR count). The molecule has 1 aromatic carbocycles. The first kappa shape index (κ1) is 17.5. The number of ether oxygens (including phenoxy) is 4. The van der Waals surface area contributed by atoms with E-state index < -0.39 is 0 Å². The molecule has 1 saturated heterocycles. The lowest BCUT2D eigenvalue weighted by Crippen LogP contribution is -2.38. The molecule has 0 aliphatic carbocycles. The molecule has 0 radical (unpaired) electrons. The van der Waals surface area contributed by atoms with E-state index in [0.29, 0.717) is 13.2 Å². The fourth-order valence-corrected chi connectivity index (χ4v) is 2.91. The Morgan fingerprint density at radius 2 is 0.917 bits per heavy atom. The first-order valence-corrected chi connectivity index (χ1v) is 8.87. The van der Waals surface area contributed by atoms with Crippen LogP contribution in [0.5, 0.6) is 11.5 Å². The lowest BCUT2D eigenvalue weighted by molar-refractivity contribution is 0.0336. The van der Waals surface area contributed by atoms with Gasteiger partial charge >= 0.3 is 0 Å². The number of rotatable bonds is 0. The zero-order chi connectivity index (χ0) is 16.5. The number of hydrogen-bond acceptors (Lipinski definition) is 6. The second kappa shape index (κ2) is 9.84. The van der Waals surface area contributed by atoms with Gasteiger partial charge in [-0.15, -0.1) is 0 Å². The molecule has 6 heteroatoms. The Bertz CT molecular complexity index is 431. The van der Waals surface area contributed by atoms with Crippen LogP contribution in [0, 0.1) is 0 Å². The van der Waals surface area contributed by atoms with Gasteiger partial charge in [-0.2, -0.15) is 0 Å². The van der Waals surface area contributed by atoms with Crippen LogP contribution in [-0.2, 0) is 9.47 Å². The fraction of sp³-hybridized carbons (Fsp3) is 0.667. The van der Waals surface area contributed by atoms with E-state index in [2.05, 4.69) is 9.80 Å². The Balaban J connectivity index is 1.71. The third-order valence-electron chi connectivity index (χ3n) is 4.39. The predicted octanol–water partition coefficient (Wildman–Crippen LogP) is 1.11. The van der Waals surface area contributed by atoms with Crippen LogP contribution in [0.1, 0.15) is 0 Å². The van der Waals surface area contributed by atoms with Crippen molar-refractivity contribution < 1.29 is 18.9 Å². The Morgan fingerprint density at radius 3 is 1.33 bits per heavy atom. The molecule has 3 aliphatic heterocycles. The van der Waals surface area contributed by atoms with Gasteiger partial charge in [-0.25, -0.2) is 0 Å². The molecule has 0 aromatic heterocycles. The number of hydrogen-bond donors (Lipinski definition) is 0. The summed E-state index contributed by atoms with van der Waals surface area (Å²) in [6, 6.07) is 7.91. The Hall–Kier alpha value is -1.34. The zero-order valence-corrected chi connectivity index (χ0v) is 14.3. The van der Waals surface area contributed by atoms with E-state index in [1.54, 1.807) is 0 Å². The summed E-state index contributed by atoms with van der Waals surface area (Å²) in [5.74, 6) is 1.64. The zero-order valence-electron chi connectivity index (χ0n) is 14.3. The highest BCUT2D eigenvalue weighted by atomic mass is 16.5. The van der Waals surface area contributed by atoms with Crippen molar-refractivity contribution in [1.82, 2.24) is 9.80 Å². The number of benzene rings is 1. The molecular formula is C18H28N2O4. The van der Waals surface area contributed by atoms with Gasteiger partial charge < -0.3 is 18.9 Å². The molecule has 2 bridgehead atoms. The van der Waals surface area contributed by atoms with Gasteiger partial charge in [0.2, 0.25) is 0 Å². The Labute approximate surface area is 144 Å². The quantitative estimate of drug-likeness (QED) is 0.707. The smallest absolute Gasteiger partial charge is 0.161 e. The van der Waals surface area contributed by atoms with Crippen molar-refractivity contribution in [1.29, 1.82) is 0 Å². The van der Waals surface area contributed by atoms with Crippen molar-refractivity contribution in [3.05, 3.63) is 24.3 Å². The maximum atomic E-state index is 5.95. The van der Waals surface area contributed by atoms with Crippen molar-refractivity contribution >= 4 is 0 Å². The standard InChI is InChI=1S/C18H28N2O4/c1-2-4-18-17(3-1)23-15-9-19-5-11-21-13-7-20(10-16-24-18)8-14-22-12-6-19/h1-4H,5-16H2. The minimum Gasteiger partial charge on any atom is -0.488 e. The van der Waals surface area contributed by atoms with Crippen LogP contribution in [-0.4, -0.2) is 88.7 Å². The number of fused-ring (bicyclic) bond motifs is 12. The second-order valence-corrected chi connectivity index (χ2v) is 6.05. The molecule has 134 valence electrons. The first-order valence-electron chi connectivity index (χ1n) is 8.87. The Kier molecular flexibility index (Phi) is 7.16. The minimum atomic E-state index is 0.631. The maximum Gasteiger partial charge on any atom is 0.161 e. The normalized spacial score (nSPS) is 27.2. The first-order chi connectivity index (χ1) is 11.9. The van der Waals surface area contributed by atoms with E-state index in [9.17, 15) is 0 Å². The van der Waals surface area contributed by atoms with Gasteiger partial charge in [-0.3, -0.25) is 9.80 Å². The largest absolute Gasteiger partial charge is 0.488 e. The topological polar surface area (TPSA) is 43.4 Å². The van der Waals surface area contributed by atoms with E-state index in [-0.39, 0.29) is 0 Å². The van der Waals surface area contributed by atoms with Gasteiger partial charge in [-0.05, 0) is 12.1 Å². The van der Waals surface area contributed by atoms with Crippen molar-refractivity contribution in [2.45, 2.75) is 0 Å². The molecule has 0 amide bonds. The van der Waals surface area contributed by atoms with Crippen molar-refractivity contribution in [3.8, 4) is 11.5 Å². The Morgan fingerprint density at radius 1 is 0.542 bits per heavy atom. The van der Waals surface area contributed by atoms with Crippen LogP contribution in [0.15, 0.2) is 24.3 Å². The van der Waals surface area contributed by atoms with Crippen LogP contribution in [0.4, 0.5) is 0 Å². The molecular weight excluding hydrogens is 308 g/mol. The third kappa shape index (κ3) is 5.63. The summed E-state index contributed by atoms with van der Waals surface area (Å²) in [7, 11) is 0. The molecule has 6 nitrogen and oxygen atoms in total. The van der Waals surface area contributed by atoms with E-state index in [1.807, 2.05) is 24.3 Å². The van der Waals surface area contributed by atoms with Crippen LogP contribution >= 0.6 is 0 Å². The SMILES string of the molecule is c1ccc2c(c1)OCCN1CCOCCN(CCOCC1)CCO2. The van der Waals surface area contributed by atoms with Gasteiger partial charge in [-0.1, -0.05) is 12.1 Å². The number of para-hydroxylation sites is 2. The summed E-state index contributed by atoms with van der Waals surface area (Å²) in [5, 5.41) is 0. The van der Waals surface area contributed by atoms with Gasteiger partial charge in [0.05, 0.1) is 26.4 Å². The van der Waals surface area contributed by atoms with Gasteiger partial charge in [0, 0.05) is 39.3 Å². The van der Waals surface area contributed by atoms with Gasteiger partial charge in [0.1, 0.15) is 13.2 Å². The summed E-state index contributed by atoms with van der Waals surface area (Å²) >= 11 is 0.